The number of nitrogens with one attached hydrogen (secondary N) is 1. The second-order valence-electron chi connectivity index (χ2n) is 6.10. The summed E-state index contributed by atoms with van der Waals surface area (Å²) in [5.41, 5.74) is 0.573. The predicted molar refractivity (Wildman–Crippen MR) is 67.1 cm³/mol. The number of hydrogen-bond acceptors (Lipinski definition) is 2. The van der Waals surface area contributed by atoms with E-state index in [9.17, 15) is 0 Å². The molecule has 0 saturated carbocycles. The molecule has 1 aliphatic rings. The molecule has 0 radical (unpaired) electrons. The van der Waals surface area contributed by atoms with Crippen LogP contribution >= 0.6 is 0 Å². The summed E-state index contributed by atoms with van der Waals surface area (Å²) < 4.78 is 0. The Labute approximate surface area is 95.4 Å². The van der Waals surface area contributed by atoms with E-state index in [2.05, 4.69) is 45.0 Å². The largest absolute Gasteiger partial charge is 0.315 e. The van der Waals surface area contributed by atoms with E-state index in [-0.39, 0.29) is 0 Å². The minimum atomic E-state index is 0.573. The molecule has 2 heteroatoms. The third kappa shape index (κ3) is 4.12. The van der Waals surface area contributed by atoms with Crippen molar-refractivity contribution in [1.82, 2.24) is 10.2 Å². The van der Waals surface area contributed by atoms with Crippen molar-refractivity contribution in [2.45, 2.75) is 46.6 Å². The molecule has 1 aliphatic heterocycles. The molecule has 1 heterocycles. The van der Waals surface area contributed by atoms with Crippen molar-refractivity contribution in [3.8, 4) is 0 Å². The van der Waals surface area contributed by atoms with Crippen LogP contribution in [-0.4, -0.2) is 37.6 Å². The molecule has 0 amide bonds. The molecule has 1 N–H and O–H groups in total. The summed E-state index contributed by atoms with van der Waals surface area (Å²) in [6, 6.07) is 0.645. The first-order valence-corrected chi connectivity index (χ1v) is 6.34. The fraction of sp³-hybridized carbons (Fsp3) is 1.00. The van der Waals surface area contributed by atoms with Gasteiger partial charge in [-0.2, -0.15) is 0 Å². The van der Waals surface area contributed by atoms with E-state index in [0.29, 0.717) is 11.5 Å². The van der Waals surface area contributed by atoms with Gasteiger partial charge in [0.25, 0.3) is 0 Å². The van der Waals surface area contributed by atoms with Gasteiger partial charge in [0.2, 0.25) is 0 Å². The zero-order valence-corrected chi connectivity index (χ0v) is 11.1. The minimum Gasteiger partial charge on any atom is -0.315 e. The second-order valence-corrected chi connectivity index (χ2v) is 6.10. The van der Waals surface area contributed by atoms with Crippen LogP contribution in [0.5, 0.6) is 0 Å². The Bertz CT molecular complexity index is 177. The lowest BCUT2D eigenvalue weighted by Gasteiger charge is -2.39. The first kappa shape index (κ1) is 13.0. The maximum atomic E-state index is 3.43. The fourth-order valence-electron chi connectivity index (χ4n) is 2.25. The van der Waals surface area contributed by atoms with E-state index in [1.165, 1.54) is 32.5 Å². The van der Waals surface area contributed by atoms with Crippen LogP contribution < -0.4 is 5.32 Å². The summed E-state index contributed by atoms with van der Waals surface area (Å²) in [6.45, 7) is 13.1. The molecule has 0 aliphatic carbocycles. The quantitative estimate of drug-likeness (QED) is 0.769. The van der Waals surface area contributed by atoms with Gasteiger partial charge in [-0.3, -0.25) is 0 Å². The van der Waals surface area contributed by atoms with Gasteiger partial charge >= 0.3 is 0 Å². The topological polar surface area (TPSA) is 15.3 Å². The number of likely N-dealkylation sites (tertiary alicyclic amines) is 1. The summed E-state index contributed by atoms with van der Waals surface area (Å²) in [4.78, 5) is 2.62. The highest BCUT2D eigenvalue weighted by molar-refractivity contribution is 4.81. The van der Waals surface area contributed by atoms with Crippen LogP contribution in [-0.2, 0) is 0 Å². The van der Waals surface area contributed by atoms with Crippen molar-refractivity contribution >= 4 is 0 Å². The Morgan fingerprint density at radius 1 is 1.20 bits per heavy atom. The molecular formula is C13H28N2. The zero-order chi connectivity index (χ0) is 11.5. The number of piperidine rings is 1. The second kappa shape index (κ2) is 5.31. The average molecular weight is 212 g/mol. The number of likely N-dealkylation sites (N-methyl/N-ethyl adjacent to an activating group) is 1. The minimum absolute atomic E-state index is 0.573. The van der Waals surface area contributed by atoms with Crippen molar-refractivity contribution in [1.29, 1.82) is 0 Å². The Balaban J connectivity index is 2.34. The lowest BCUT2D eigenvalue weighted by atomic mass is 9.82. The number of nitrogens with zero attached hydrogens (tertiary/aromatic N) is 1. The molecule has 15 heavy (non-hydrogen) atoms. The van der Waals surface area contributed by atoms with E-state index >= 15 is 0 Å². The highest BCUT2D eigenvalue weighted by Gasteiger charge is 2.26. The molecule has 0 bridgehead atoms. The average Bonchev–Trinajstić information content (AvgIpc) is 2.15. The molecule has 0 aromatic rings. The van der Waals surface area contributed by atoms with Gasteiger partial charge in [0.05, 0.1) is 0 Å². The van der Waals surface area contributed by atoms with Crippen LogP contribution in [0.25, 0.3) is 0 Å². The summed E-state index contributed by atoms with van der Waals surface area (Å²) >= 11 is 0. The van der Waals surface area contributed by atoms with E-state index in [0.717, 1.165) is 5.92 Å². The molecule has 1 atom stereocenters. The maximum absolute atomic E-state index is 3.43. The molecule has 90 valence electrons. The first-order chi connectivity index (χ1) is 6.94. The normalized spacial score (nSPS) is 24.4. The van der Waals surface area contributed by atoms with Gasteiger partial charge in [-0.05, 0) is 44.3 Å². The van der Waals surface area contributed by atoms with Crippen molar-refractivity contribution < 1.29 is 0 Å². The van der Waals surface area contributed by atoms with Crippen LogP contribution in [0.3, 0.4) is 0 Å². The smallest absolute Gasteiger partial charge is 0.0214 e. The zero-order valence-electron chi connectivity index (χ0n) is 11.1. The standard InChI is InChI=1S/C13H28N2/c1-11(2)12(14-5)10-15-8-6-13(3,4)7-9-15/h11-12,14H,6-10H2,1-5H3. The first-order valence-electron chi connectivity index (χ1n) is 6.34. The molecular weight excluding hydrogens is 184 g/mol. The van der Waals surface area contributed by atoms with Gasteiger partial charge in [0.15, 0.2) is 0 Å². The van der Waals surface area contributed by atoms with Crippen LogP contribution in [0.1, 0.15) is 40.5 Å². The monoisotopic (exact) mass is 212 g/mol. The lowest BCUT2D eigenvalue weighted by molar-refractivity contribution is 0.117. The molecule has 1 unspecified atom stereocenters. The molecule has 0 aromatic carbocycles. The van der Waals surface area contributed by atoms with Gasteiger partial charge in [-0.15, -0.1) is 0 Å². The van der Waals surface area contributed by atoms with Gasteiger partial charge in [-0.1, -0.05) is 27.7 Å². The van der Waals surface area contributed by atoms with Crippen molar-refractivity contribution in [2.24, 2.45) is 11.3 Å². The maximum Gasteiger partial charge on any atom is 0.0214 e. The Morgan fingerprint density at radius 2 is 1.73 bits per heavy atom. The predicted octanol–water partition coefficient (Wildman–Crippen LogP) is 2.35. The molecule has 1 saturated heterocycles. The molecule has 1 rings (SSSR count). The highest BCUT2D eigenvalue weighted by Crippen LogP contribution is 2.29. The van der Waals surface area contributed by atoms with Crippen LogP contribution in [0.4, 0.5) is 0 Å². The summed E-state index contributed by atoms with van der Waals surface area (Å²) in [5, 5.41) is 3.43. The summed E-state index contributed by atoms with van der Waals surface area (Å²) in [7, 11) is 2.08. The Morgan fingerprint density at radius 3 is 2.13 bits per heavy atom. The third-order valence-electron chi connectivity index (χ3n) is 3.84. The van der Waals surface area contributed by atoms with Crippen LogP contribution in [0.15, 0.2) is 0 Å². The summed E-state index contributed by atoms with van der Waals surface area (Å²) in [6.07, 6.45) is 2.70. The molecule has 0 spiro atoms. The van der Waals surface area contributed by atoms with E-state index in [4.69, 9.17) is 0 Å². The Kier molecular flexibility index (Phi) is 4.60. The van der Waals surface area contributed by atoms with Gasteiger partial charge in [0.1, 0.15) is 0 Å². The third-order valence-corrected chi connectivity index (χ3v) is 3.84. The molecule has 1 fully saturated rings. The van der Waals surface area contributed by atoms with E-state index in [1.807, 2.05) is 0 Å². The van der Waals surface area contributed by atoms with E-state index in [1.54, 1.807) is 0 Å². The highest BCUT2D eigenvalue weighted by atomic mass is 15.2. The SMILES string of the molecule is CNC(CN1CCC(C)(C)CC1)C(C)C. The number of rotatable bonds is 4. The van der Waals surface area contributed by atoms with Crippen molar-refractivity contribution in [3.05, 3.63) is 0 Å². The molecule has 0 aromatic heterocycles. The fourth-order valence-corrected chi connectivity index (χ4v) is 2.25. The van der Waals surface area contributed by atoms with Crippen molar-refractivity contribution in [3.63, 3.8) is 0 Å². The molecule has 2 nitrogen and oxygen atoms in total. The van der Waals surface area contributed by atoms with E-state index < -0.39 is 0 Å². The van der Waals surface area contributed by atoms with Gasteiger partial charge in [-0.25, -0.2) is 0 Å². The van der Waals surface area contributed by atoms with Crippen molar-refractivity contribution in [2.75, 3.05) is 26.7 Å². The lowest BCUT2D eigenvalue weighted by Crippen LogP contribution is -2.46. The van der Waals surface area contributed by atoms with Crippen LogP contribution in [0, 0.1) is 11.3 Å². The van der Waals surface area contributed by atoms with Gasteiger partial charge < -0.3 is 10.2 Å². The van der Waals surface area contributed by atoms with Gasteiger partial charge in [0, 0.05) is 12.6 Å². The van der Waals surface area contributed by atoms with Crippen LogP contribution in [0.2, 0.25) is 0 Å². The number of hydrogen-bond donors (Lipinski definition) is 1. The summed E-state index contributed by atoms with van der Waals surface area (Å²) in [5.74, 6) is 0.727. The Hall–Kier alpha value is -0.0800.